The number of nitrogens with one attached hydrogen (secondary N) is 14. The molecule has 37 heteroatoms. The maximum Gasteiger partial charge on any atom is 0.326 e. The summed E-state index contributed by atoms with van der Waals surface area (Å²) in [6.45, 7) is 7.69. The number of hydrogen-bond donors (Lipinski definition) is 21. The highest BCUT2D eigenvalue weighted by atomic mass is 16.4. The van der Waals surface area contributed by atoms with Gasteiger partial charge in [0.15, 0.2) is 0 Å². The first kappa shape index (κ1) is 86.7. The molecule has 578 valence electrons. The maximum atomic E-state index is 14.6. The summed E-state index contributed by atoms with van der Waals surface area (Å²) in [6.07, 6.45) is -2.44. The molecule has 0 aliphatic carbocycles. The zero-order chi connectivity index (χ0) is 78.2. The Morgan fingerprint density at radius 2 is 1.07 bits per heavy atom. The fraction of sp³-hybridized carbons (Fsp3) is 0.559. The molecule has 2 aromatic carbocycles. The average molecular weight is 1480 g/mol. The lowest BCUT2D eigenvalue weighted by Gasteiger charge is -2.28. The minimum atomic E-state index is -1.88. The van der Waals surface area contributed by atoms with Gasteiger partial charge in [0.1, 0.15) is 66.5 Å². The van der Waals surface area contributed by atoms with Crippen LogP contribution in [0.15, 0.2) is 60.8 Å². The van der Waals surface area contributed by atoms with Crippen LogP contribution in [0.3, 0.4) is 0 Å². The number of aliphatic hydroxyl groups excluding tert-OH is 2. The van der Waals surface area contributed by atoms with Crippen molar-refractivity contribution in [3.05, 3.63) is 71.9 Å². The largest absolute Gasteiger partial charge is 0.481 e. The summed E-state index contributed by atoms with van der Waals surface area (Å²) in [5, 5.41) is 83.1. The molecular weight excluding hydrogens is 1380 g/mol. The van der Waals surface area contributed by atoms with Crippen LogP contribution in [0.1, 0.15) is 123 Å². The molecule has 1 aromatic heterocycles. The van der Waals surface area contributed by atoms with E-state index in [0.717, 1.165) is 13.3 Å². The second-order valence-electron chi connectivity index (χ2n) is 26.3. The predicted octanol–water partition coefficient (Wildman–Crippen LogP) is -4.93. The third kappa shape index (κ3) is 29.5. The summed E-state index contributed by atoms with van der Waals surface area (Å²) >= 11 is 0. The Labute approximate surface area is 604 Å². The van der Waals surface area contributed by atoms with E-state index in [2.05, 4.69) is 74.1 Å². The van der Waals surface area contributed by atoms with Crippen LogP contribution in [-0.2, 0) is 89.6 Å². The van der Waals surface area contributed by atoms with E-state index < -0.39 is 224 Å². The minimum absolute atomic E-state index is 0.133. The summed E-state index contributed by atoms with van der Waals surface area (Å²) in [6, 6.07) is -3.44. The smallest absolute Gasteiger partial charge is 0.326 e. The fourth-order valence-corrected chi connectivity index (χ4v) is 11.1. The predicted molar refractivity (Wildman–Crippen MR) is 374 cm³/mol. The number of hydrogen-bond acceptors (Lipinski definition) is 20. The van der Waals surface area contributed by atoms with Crippen molar-refractivity contribution >= 4 is 106 Å². The Balaban J connectivity index is 1.53. The Kier molecular flexibility index (Phi) is 35.9. The number of nitrogens with two attached hydrogens (primary N) is 2. The van der Waals surface area contributed by atoms with Gasteiger partial charge in [-0.3, -0.25) is 71.9 Å². The van der Waals surface area contributed by atoms with E-state index >= 15 is 0 Å². The number of rotatable bonds is 46. The van der Waals surface area contributed by atoms with Crippen molar-refractivity contribution in [2.75, 3.05) is 26.2 Å². The number of H-pyrrole nitrogens is 1. The molecule has 37 nitrogen and oxygen atoms in total. The number of aromatic nitrogens is 1. The molecule has 0 unspecified atom stereocenters. The molecule has 1 fully saturated rings. The summed E-state index contributed by atoms with van der Waals surface area (Å²) in [7, 11) is 0. The highest BCUT2D eigenvalue weighted by molar-refractivity contribution is 6.00. The standard InChI is InChI=1S/C68H100N16O21/c1-34(2)27-46(78-65(101)50(33-85)82-62(98)47(28-38-15-8-7-9-16-38)79-64(100)49(30-54(91)92)81-66(102)55(35(3)4)83-57(93)36(5)74-59(95)42-20-14-26-71-42)58(94)73-32-52(88)75-44(22-24-53(89)90)60(96)80-48(29-39-31-72-41-18-11-10-17-40(39)41)63(99)76-43(19-12-13-25-69)61(97)84-56(37(6)86)67(103)77-45(68(104)105)21-23-51(70)87/h7-11,15-18,31,34-37,42-50,55-56,71-72,85-86H,12-14,19-30,32-33,69H2,1-6H3,(H2,70,87)(H,73,94)(H,74,95)(H,75,88)(H,76,99)(H,77,103)(H,78,101)(H,79,100)(H,80,96)(H,81,102)(H,82,98)(H,83,93)(H,84,97)(H,89,90)(H,91,92)(H,104,105)/t36-,37+,42-,43-,44-,45-,46-,47-,48-,49-,50-,55-,56-/m0/s1. The van der Waals surface area contributed by atoms with Crippen LogP contribution in [0.25, 0.3) is 10.9 Å². The number of aromatic amines is 1. The molecule has 105 heavy (non-hydrogen) atoms. The maximum absolute atomic E-state index is 14.6. The number of para-hydroxylation sites is 1. The summed E-state index contributed by atoms with van der Waals surface area (Å²) in [5.74, 6) is -18.5. The highest BCUT2D eigenvalue weighted by Crippen LogP contribution is 2.20. The van der Waals surface area contributed by atoms with Crippen LogP contribution in [0, 0.1) is 11.8 Å². The third-order valence-corrected chi connectivity index (χ3v) is 16.8. The number of carbonyl (C=O) groups excluding carboxylic acids is 13. The van der Waals surface area contributed by atoms with Gasteiger partial charge >= 0.3 is 17.9 Å². The molecule has 4 rings (SSSR count). The Bertz CT molecular complexity index is 3530. The molecule has 13 amide bonds. The van der Waals surface area contributed by atoms with Gasteiger partial charge in [0, 0.05) is 42.8 Å². The van der Waals surface area contributed by atoms with E-state index in [1.165, 1.54) is 6.92 Å². The van der Waals surface area contributed by atoms with Crippen LogP contribution in [0.4, 0.5) is 0 Å². The highest BCUT2D eigenvalue weighted by Gasteiger charge is 2.38. The second-order valence-corrected chi connectivity index (χ2v) is 26.3. The van der Waals surface area contributed by atoms with E-state index in [-0.39, 0.29) is 44.6 Å². The number of carboxylic acids is 3. The minimum Gasteiger partial charge on any atom is -0.481 e. The number of unbranched alkanes of at least 4 members (excludes halogenated alkanes) is 1. The van der Waals surface area contributed by atoms with Crippen molar-refractivity contribution in [1.82, 2.24) is 74.1 Å². The molecule has 0 spiro atoms. The molecule has 23 N–H and O–H groups in total. The second kappa shape index (κ2) is 43.5. The fourth-order valence-electron chi connectivity index (χ4n) is 11.1. The molecule has 0 radical (unpaired) electrons. The van der Waals surface area contributed by atoms with E-state index in [1.807, 2.05) is 0 Å². The number of benzene rings is 2. The molecule has 13 atom stereocenters. The van der Waals surface area contributed by atoms with Gasteiger partial charge in [-0.05, 0) is 107 Å². The van der Waals surface area contributed by atoms with Crippen molar-refractivity contribution in [3.63, 3.8) is 0 Å². The molecule has 0 bridgehead atoms. The van der Waals surface area contributed by atoms with Gasteiger partial charge in [-0.25, -0.2) is 4.79 Å². The van der Waals surface area contributed by atoms with Gasteiger partial charge in [-0.2, -0.15) is 0 Å². The first-order chi connectivity index (χ1) is 49.6. The SMILES string of the molecule is CC(C)C[C@H](NC(=O)[C@H](CO)NC(=O)[C@H](Cc1ccccc1)NC(=O)[C@H](CC(=O)O)NC(=O)[C@@H](NC(=O)[C@H](C)NC(=O)[C@@H]1CCCN1)C(C)C)C(=O)NCC(=O)N[C@@H](CCC(=O)O)C(=O)N[C@@H](Cc1c[nH]c2ccccc12)C(=O)N[C@@H](CCCCN)C(=O)N[C@H](C(=O)N[C@@H](CCC(N)=O)C(=O)O)[C@@H](C)O. The van der Waals surface area contributed by atoms with E-state index in [9.17, 15) is 102 Å². The topological polar surface area (TPSA) is 598 Å². The summed E-state index contributed by atoms with van der Waals surface area (Å²) in [4.78, 5) is 217. The van der Waals surface area contributed by atoms with E-state index in [0.29, 0.717) is 41.4 Å². The summed E-state index contributed by atoms with van der Waals surface area (Å²) in [5.41, 5.74) is 12.4. The van der Waals surface area contributed by atoms with Crippen molar-refractivity contribution in [1.29, 1.82) is 0 Å². The van der Waals surface area contributed by atoms with Crippen LogP contribution in [0.2, 0.25) is 0 Å². The number of aliphatic hydroxyl groups is 2. The van der Waals surface area contributed by atoms with Crippen LogP contribution in [0.5, 0.6) is 0 Å². The number of fused-ring (bicyclic) bond motifs is 1. The molecule has 2 heterocycles. The molecule has 0 saturated carbocycles. The first-order valence-electron chi connectivity index (χ1n) is 34.5. The van der Waals surface area contributed by atoms with Gasteiger partial charge in [-0.1, -0.05) is 76.2 Å². The van der Waals surface area contributed by atoms with Gasteiger partial charge in [0.2, 0.25) is 76.8 Å². The van der Waals surface area contributed by atoms with Crippen molar-refractivity contribution in [3.8, 4) is 0 Å². The zero-order valence-electron chi connectivity index (χ0n) is 59.4. The molecule has 1 saturated heterocycles. The van der Waals surface area contributed by atoms with Crippen LogP contribution in [-0.4, -0.2) is 230 Å². The number of carbonyl (C=O) groups is 16. The number of primary amides is 1. The van der Waals surface area contributed by atoms with Gasteiger partial charge < -0.3 is 111 Å². The van der Waals surface area contributed by atoms with Crippen molar-refractivity contribution in [2.24, 2.45) is 23.3 Å². The van der Waals surface area contributed by atoms with Crippen LogP contribution >= 0.6 is 0 Å². The molecule has 1 aliphatic rings. The van der Waals surface area contributed by atoms with Crippen molar-refractivity contribution in [2.45, 2.75) is 204 Å². The Morgan fingerprint density at radius 3 is 1.65 bits per heavy atom. The van der Waals surface area contributed by atoms with E-state index in [4.69, 9.17) is 11.5 Å². The number of aliphatic carboxylic acids is 3. The number of amides is 13. The lowest BCUT2D eigenvalue weighted by molar-refractivity contribution is -0.143. The normalized spacial score (nSPS) is 16.0. The van der Waals surface area contributed by atoms with Gasteiger partial charge in [0.25, 0.3) is 0 Å². The molecule has 3 aromatic rings. The Morgan fingerprint density at radius 1 is 0.533 bits per heavy atom. The zero-order valence-corrected chi connectivity index (χ0v) is 59.4. The number of carboxylic acid groups (broad SMARTS) is 3. The van der Waals surface area contributed by atoms with E-state index in [1.54, 1.807) is 88.5 Å². The van der Waals surface area contributed by atoms with Crippen LogP contribution < -0.4 is 80.6 Å². The Hall–Kier alpha value is -10.7. The summed E-state index contributed by atoms with van der Waals surface area (Å²) < 4.78 is 0. The third-order valence-electron chi connectivity index (χ3n) is 16.8. The molecule has 1 aliphatic heterocycles. The van der Waals surface area contributed by atoms with Crippen molar-refractivity contribution < 1.29 is 102 Å². The lowest BCUT2D eigenvalue weighted by Crippen LogP contribution is -2.61. The quantitative estimate of drug-likeness (QED) is 0.0236. The molecular formula is C68H100N16O21. The monoisotopic (exact) mass is 1480 g/mol. The first-order valence-corrected chi connectivity index (χ1v) is 34.5. The van der Waals surface area contributed by atoms with Gasteiger partial charge in [-0.15, -0.1) is 0 Å². The lowest BCUT2D eigenvalue weighted by atomic mass is 10.0. The average Bonchev–Trinajstić information content (AvgIpc) is 1.73. The van der Waals surface area contributed by atoms with Gasteiger partial charge in [0.05, 0.1) is 31.7 Å².